The second-order valence-corrected chi connectivity index (χ2v) is 15.0. The number of oxime groups is 1. The number of nitrogens with one attached hydrogen (secondary N) is 2. The van der Waals surface area contributed by atoms with E-state index in [0.717, 1.165) is 15.8 Å². The molecule has 4 N–H and O–H groups in total. The first-order valence-electron chi connectivity index (χ1n) is 15.0. The second kappa shape index (κ2) is 14.1. The lowest BCUT2D eigenvalue weighted by molar-refractivity contribution is -0.141. The first-order chi connectivity index (χ1) is 22.7. The molecule has 1 atom stereocenters. The van der Waals surface area contributed by atoms with Gasteiger partial charge in [0.05, 0.1) is 27.1 Å². The smallest absolute Gasteiger partial charge is 0.410 e. The maximum atomic E-state index is 13.8. The molecular weight excluding hydrogens is 657 g/mol. The van der Waals surface area contributed by atoms with Crippen molar-refractivity contribution in [2.24, 2.45) is 16.8 Å². The van der Waals surface area contributed by atoms with Crippen LogP contribution in [0.3, 0.4) is 0 Å². The number of thiazole rings is 1. The fourth-order valence-electron chi connectivity index (χ4n) is 4.84. The van der Waals surface area contributed by atoms with E-state index in [2.05, 4.69) is 20.0 Å². The van der Waals surface area contributed by atoms with Gasteiger partial charge in [-0.15, -0.1) is 11.3 Å². The van der Waals surface area contributed by atoms with Gasteiger partial charge in [0.15, 0.2) is 5.84 Å². The average molecular weight is 693 g/mol. The zero-order valence-electron chi connectivity index (χ0n) is 26.8. The Morgan fingerprint density at radius 3 is 2.50 bits per heavy atom. The summed E-state index contributed by atoms with van der Waals surface area (Å²) in [6.45, 7) is 6.92. The Hall–Kier alpha value is -4.86. The fraction of sp³-hybridized carbons (Fsp3) is 0.303. The van der Waals surface area contributed by atoms with Gasteiger partial charge in [-0.3, -0.25) is 4.79 Å². The number of rotatable bonds is 10. The van der Waals surface area contributed by atoms with Crippen LogP contribution in [0.5, 0.6) is 0 Å². The van der Waals surface area contributed by atoms with Crippen molar-refractivity contribution >= 4 is 61.1 Å². The van der Waals surface area contributed by atoms with Gasteiger partial charge in [0.2, 0.25) is 15.9 Å². The van der Waals surface area contributed by atoms with E-state index >= 15 is 0 Å². The Kier molecular flexibility index (Phi) is 10.1. The molecule has 4 aromatic rings. The number of anilines is 1. The molecule has 3 aromatic carbocycles. The number of aromatic nitrogens is 1. The summed E-state index contributed by atoms with van der Waals surface area (Å²) in [6.07, 6.45) is -0.279. The van der Waals surface area contributed by atoms with Crippen molar-refractivity contribution in [3.63, 3.8) is 0 Å². The van der Waals surface area contributed by atoms with Crippen LogP contribution >= 0.6 is 11.3 Å². The molecule has 1 aromatic heterocycles. The molecular formula is C33H36N6O7S2. The van der Waals surface area contributed by atoms with Crippen LogP contribution in [0.25, 0.3) is 10.2 Å². The first kappa shape index (κ1) is 34.5. The molecule has 13 nitrogen and oxygen atoms in total. The van der Waals surface area contributed by atoms with Crippen molar-refractivity contribution in [1.82, 2.24) is 14.6 Å². The Balaban J connectivity index is 1.34. The molecule has 1 aliphatic rings. The summed E-state index contributed by atoms with van der Waals surface area (Å²) in [5, 5.41) is 6.96. The number of hydrogen-bond donors (Lipinski definition) is 3. The summed E-state index contributed by atoms with van der Waals surface area (Å²) < 4.78 is 36.7. The lowest BCUT2D eigenvalue weighted by Crippen LogP contribution is -2.55. The van der Waals surface area contributed by atoms with E-state index in [-0.39, 0.29) is 36.1 Å². The molecule has 2 amide bonds. The van der Waals surface area contributed by atoms with Gasteiger partial charge in [0.1, 0.15) is 10.6 Å². The number of hydrogen-bond acceptors (Lipinski definition) is 10. The largest absolute Gasteiger partial charge is 0.444 e. The van der Waals surface area contributed by atoms with Gasteiger partial charge in [0.25, 0.3) is 0 Å². The summed E-state index contributed by atoms with van der Waals surface area (Å²) >= 11 is 1.37. The van der Waals surface area contributed by atoms with Gasteiger partial charge in [0, 0.05) is 31.3 Å². The molecule has 0 bridgehead atoms. The van der Waals surface area contributed by atoms with E-state index in [0.29, 0.717) is 16.3 Å². The van der Waals surface area contributed by atoms with Crippen molar-refractivity contribution in [1.29, 1.82) is 0 Å². The molecule has 1 fully saturated rings. The highest BCUT2D eigenvalue weighted by atomic mass is 32.2. The summed E-state index contributed by atoms with van der Waals surface area (Å²) in [5.41, 5.74) is 7.61. The molecule has 48 heavy (non-hydrogen) atoms. The Labute approximate surface area is 282 Å². The molecule has 252 valence electrons. The molecule has 0 aliphatic carbocycles. The van der Waals surface area contributed by atoms with Crippen molar-refractivity contribution in [2.45, 2.75) is 50.7 Å². The average Bonchev–Trinajstić information content (AvgIpc) is 3.43. The maximum absolute atomic E-state index is 13.8. The zero-order chi connectivity index (χ0) is 34.6. The number of likely N-dealkylation sites (tertiary alicyclic amines) is 1. The molecule has 0 radical (unpaired) electrons. The minimum absolute atomic E-state index is 0.0116. The summed E-state index contributed by atoms with van der Waals surface area (Å²) in [7, 11) is -4.13. The normalized spacial score (nSPS) is 14.7. The number of nitrogens with two attached hydrogens (primary N) is 1. The summed E-state index contributed by atoms with van der Waals surface area (Å²) in [5.74, 6) is -1.41. The van der Waals surface area contributed by atoms with Gasteiger partial charge in [-0.1, -0.05) is 41.6 Å². The van der Waals surface area contributed by atoms with Crippen molar-refractivity contribution in [2.75, 3.05) is 18.4 Å². The van der Waals surface area contributed by atoms with Gasteiger partial charge in [-0.2, -0.15) is 0 Å². The molecule has 2 heterocycles. The van der Waals surface area contributed by atoms with E-state index in [4.69, 9.17) is 15.5 Å². The lowest BCUT2D eigenvalue weighted by atomic mass is 10.00. The summed E-state index contributed by atoms with van der Waals surface area (Å²) in [4.78, 5) is 47.1. The van der Waals surface area contributed by atoms with Gasteiger partial charge < -0.3 is 25.5 Å². The Morgan fingerprint density at radius 2 is 1.79 bits per heavy atom. The SMILES string of the molecule is CC(=O)O/N=C(/N)c1cccc(CC(NS(=O)(=O)c2cccc(NC(=O)C3CN(C(=O)OC(C)(C)C)C3)c2)c2nc3ccccc3s2)c1. The van der Waals surface area contributed by atoms with Gasteiger partial charge in [-0.25, -0.2) is 27.7 Å². The van der Waals surface area contributed by atoms with E-state index in [9.17, 15) is 22.8 Å². The summed E-state index contributed by atoms with van der Waals surface area (Å²) in [6, 6.07) is 19.7. The quantitative estimate of drug-likeness (QED) is 0.0930. The van der Waals surface area contributed by atoms with Gasteiger partial charge in [-0.05, 0) is 69.2 Å². The van der Waals surface area contributed by atoms with Crippen LogP contribution in [-0.2, 0) is 35.6 Å². The third-order valence-corrected chi connectivity index (χ3v) is 9.78. The van der Waals surface area contributed by atoms with E-state index < -0.39 is 39.6 Å². The van der Waals surface area contributed by atoms with E-state index in [1.165, 1.54) is 35.3 Å². The monoisotopic (exact) mass is 692 g/mol. The number of sulfonamides is 1. The van der Waals surface area contributed by atoms with Crippen LogP contribution in [0, 0.1) is 5.92 Å². The number of para-hydroxylation sites is 1. The number of amidine groups is 1. The molecule has 15 heteroatoms. The number of ether oxygens (including phenoxy) is 1. The van der Waals surface area contributed by atoms with Crippen LogP contribution in [0.15, 0.2) is 82.8 Å². The molecule has 5 rings (SSSR count). The highest BCUT2D eigenvalue weighted by Crippen LogP contribution is 2.30. The molecule has 0 saturated carbocycles. The van der Waals surface area contributed by atoms with Crippen molar-refractivity contribution in [3.8, 4) is 0 Å². The van der Waals surface area contributed by atoms with Crippen LogP contribution < -0.4 is 15.8 Å². The third kappa shape index (κ3) is 8.73. The Bertz CT molecular complexity index is 1950. The predicted molar refractivity (Wildman–Crippen MR) is 182 cm³/mol. The third-order valence-electron chi connectivity index (χ3n) is 7.16. The maximum Gasteiger partial charge on any atom is 0.410 e. The van der Waals surface area contributed by atoms with Crippen LogP contribution in [-0.4, -0.2) is 60.8 Å². The Morgan fingerprint density at radius 1 is 1.06 bits per heavy atom. The minimum Gasteiger partial charge on any atom is -0.444 e. The second-order valence-electron chi connectivity index (χ2n) is 12.3. The number of benzene rings is 3. The van der Waals surface area contributed by atoms with E-state index in [1.807, 2.05) is 30.3 Å². The van der Waals surface area contributed by atoms with E-state index in [1.54, 1.807) is 51.1 Å². The first-order valence-corrected chi connectivity index (χ1v) is 17.3. The highest BCUT2D eigenvalue weighted by molar-refractivity contribution is 7.89. The number of fused-ring (bicyclic) bond motifs is 1. The predicted octanol–water partition coefficient (Wildman–Crippen LogP) is 4.55. The number of carbonyl (C=O) groups excluding carboxylic acids is 3. The molecule has 1 aliphatic heterocycles. The zero-order valence-corrected chi connectivity index (χ0v) is 28.4. The molecule has 0 spiro atoms. The minimum atomic E-state index is -4.13. The molecule has 1 unspecified atom stereocenters. The molecule has 1 saturated heterocycles. The van der Waals surface area contributed by atoms with Gasteiger partial charge >= 0.3 is 12.1 Å². The lowest BCUT2D eigenvalue weighted by Gasteiger charge is -2.38. The fourth-order valence-corrected chi connectivity index (χ4v) is 7.18. The van der Waals surface area contributed by atoms with Crippen molar-refractivity contribution in [3.05, 3.63) is 88.9 Å². The standard InChI is InChI=1S/C33H36N6O7S2/c1-20(40)46-37-29(34)22-10-7-9-21(15-22)16-27(31-36-26-13-5-6-14-28(26)47-31)38-48(43,44)25-12-8-11-24(17-25)35-30(41)23-18-39(19-23)32(42)45-33(2,3)4/h5-15,17,23,27,38H,16,18-19H2,1-4H3,(H2,34,37)(H,35,41). The number of carbonyl (C=O) groups is 3. The van der Waals surface area contributed by atoms with Crippen LogP contribution in [0.1, 0.15) is 49.9 Å². The van der Waals surface area contributed by atoms with Crippen LogP contribution in [0.4, 0.5) is 10.5 Å². The van der Waals surface area contributed by atoms with Crippen LogP contribution in [0.2, 0.25) is 0 Å². The number of nitrogens with zero attached hydrogens (tertiary/aromatic N) is 3. The van der Waals surface area contributed by atoms with Crippen molar-refractivity contribution < 1.29 is 32.4 Å². The topological polar surface area (TPSA) is 182 Å². The highest BCUT2D eigenvalue weighted by Gasteiger charge is 2.38. The number of amides is 2.